The van der Waals surface area contributed by atoms with Crippen LogP contribution in [0.25, 0.3) is 5.69 Å². The van der Waals surface area contributed by atoms with Gasteiger partial charge >= 0.3 is 0 Å². The Morgan fingerprint density at radius 1 is 1.21 bits per heavy atom. The Bertz CT molecular complexity index is 1160. The van der Waals surface area contributed by atoms with E-state index in [2.05, 4.69) is 15.7 Å². The van der Waals surface area contributed by atoms with Crippen LogP contribution in [-0.4, -0.2) is 41.6 Å². The van der Waals surface area contributed by atoms with Crippen LogP contribution >= 0.6 is 11.6 Å². The van der Waals surface area contributed by atoms with E-state index in [1.807, 2.05) is 6.92 Å². The third-order valence-electron chi connectivity index (χ3n) is 5.24. The summed E-state index contributed by atoms with van der Waals surface area (Å²) in [6, 6.07) is 13.7. The van der Waals surface area contributed by atoms with Gasteiger partial charge < -0.3 is 20.1 Å². The molecular formula is C24H25ClN4O4. The van der Waals surface area contributed by atoms with Gasteiger partial charge in [0.25, 0.3) is 11.5 Å². The number of hydrogen-bond acceptors (Lipinski definition) is 6. The number of benzene rings is 2. The van der Waals surface area contributed by atoms with Gasteiger partial charge in [-0.15, -0.1) is 0 Å². The molecule has 0 spiro atoms. The van der Waals surface area contributed by atoms with E-state index < -0.39 is 0 Å². The monoisotopic (exact) mass is 468 g/mol. The predicted molar refractivity (Wildman–Crippen MR) is 127 cm³/mol. The highest BCUT2D eigenvalue weighted by atomic mass is 35.5. The summed E-state index contributed by atoms with van der Waals surface area (Å²) in [4.78, 5) is 25.6. The molecule has 4 rings (SSSR count). The minimum Gasteiger partial charge on any atom is -0.490 e. The van der Waals surface area contributed by atoms with Crippen LogP contribution in [0.3, 0.4) is 0 Å². The van der Waals surface area contributed by atoms with Gasteiger partial charge in [-0.2, -0.15) is 9.78 Å². The van der Waals surface area contributed by atoms with E-state index in [9.17, 15) is 9.59 Å². The van der Waals surface area contributed by atoms with Gasteiger partial charge in [0.15, 0.2) is 11.4 Å². The van der Waals surface area contributed by atoms with Crippen molar-refractivity contribution < 1.29 is 14.3 Å². The molecule has 1 unspecified atom stereocenters. The standard InChI is InChI=1S/C24H25ClN4O4/c1-2-32-21-15-27-29(19-11-7-17(25)8-12-19)24(31)22(21)28-18-9-5-16(6-10-18)23(30)26-14-20-4-3-13-33-20/h5-12,15,20,28H,2-4,13-14H2,1H3,(H,26,30). The topological polar surface area (TPSA) is 94.5 Å². The SMILES string of the molecule is CCOc1cnn(-c2ccc(Cl)cc2)c(=O)c1Nc1ccc(C(=O)NCC2CCCO2)cc1. The molecule has 1 aliphatic rings. The lowest BCUT2D eigenvalue weighted by atomic mass is 10.1. The zero-order valence-corrected chi connectivity index (χ0v) is 19.0. The molecular weight excluding hydrogens is 444 g/mol. The maximum Gasteiger partial charge on any atom is 0.299 e. The zero-order valence-electron chi connectivity index (χ0n) is 18.2. The molecule has 2 aromatic carbocycles. The van der Waals surface area contributed by atoms with E-state index >= 15 is 0 Å². The Kier molecular flexibility index (Phi) is 7.26. The number of amides is 1. The predicted octanol–water partition coefficient (Wildman–Crippen LogP) is 3.94. The van der Waals surface area contributed by atoms with Crippen LogP contribution in [0.4, 0.5) is 11.4 Å². The van der Waals surface area contributed by atoms with Crippen molar-refractivity contribution in [2.24, 2.45) is 0 Å². The summed E-state index contributed by atoms with van der Waals surface area (Å²) in [5, 5.41) is 10.8. The molecule has 0 saturated carbocycles. The second kappa shape index (κ2) is 10.5. The molecule has 1 aromatic heterocycles. The number of ether oxygens (including phenoxy) is 2. The average molecular weight is 469 g/mol. The van der Waals surface area contributed by atoms with Crippen molar-refractivity contribution >= 4 is 28.9 Å². The van der Waals surface area contributed by atoms with Gasteiger partial charge in [0, 0.05) is 29.4 Å². The Balaban J connectivity index is 1.53. The molecule has 1 amide bonds. The molecule has 33 heavy (non-hydrogen) atoms. The molecule has 9 heteroatoms. The van der Waals surface area contributed by atoms with Crippen molar-refractivity contribution in [2.45, 2.75) is 25.9 Å². The number of aromatic nitrogens is 2. The van der Waals surface area contributed by atoms with Gasteiger partial charge in [-0.25, -0.2) is 0 Å². The van der Waals surface area contributed by atoms with Crippen LogP contribution in [0, 0.1) is 0 Å². The zero-order chi connectivity index (χ0) is 23.2. The summed E-state index contributed by atoms with van der Waals surface area (Å²) in [7, 11) is 0. The molecule has 172 valence electrons. The number of carbonyl (C=O) groups excluding carboxylic acids is 1. The summed E-state index contributed by atoms with van der Waals surface area (Å²) in [5.41, 5.74) is 1.61. The van der Waals surface area contributed by atoms with Gasteiger partial charge in [-0.05, 0) is 68.3 Å². The number of hydrogen-bond donors (Lipinski definition) is 2. The fourth-order valence-corrected chi connectivity index (χ4v) is 3.67. The van der Waals surface area contributed by atoms with Crippen molar-refractivity contribution in [3.63, 3.8) is 0 Å². The average Bonchev–Trinajstić information content (AvgIpc) is 3.35. The first-order chi connectivity index (χ1) is 16.0. The number of anilines is 2. The lowest BCUT2D eigenvalue weighted by Gasteiger charge is -2.14. The highest BCUT2D eigenvalue weighted by Crippen LogP contribution is 2.24. The van der Waals surface area contributed by atoms with Crippen molar-refractivity contribution in [2.75, 3.05) is 25.1 Å². The quantitative estimate of drug-likeness (QED) is 0.520. The van der Waals surface area contributed by atoms with Crippen LogP contribution in [0.5, 0.6) is 5.75 Å². The minimum atomic E-state index is -0.373. The first-order valence-corrected chi connectivity index (χ1v) is 11.2. The van der Waals surface area contributed by atoms with Crippen LogP contribution in [0.15, 0.2) is 59.5 Å². The van der Waals surface area contributed by atoms with Crippen molar-refractivity contribution in [3.8, 4) is 11.4 Å². The summed E-state index contributed by atoms with van der Waals surface area (Å²) in [5.74, 6) is 0.173. The Hall–Kier alpha value is -3.36. The molecule has 0 aliphatic carbocycles. The first-order valence-electron chi connectivity index (χ1n) is 10.8. The summed E-state index contributed by atoms with van der Waals surface area (Å²) in [6.45, 7) is 3.46. The van der Waals surface area contributed by atoms with Gasteiger partial charge in [0.2, 0.25) is 0 Å². The molecule has 8 nitrogen and oxygen atoms in total. The van der Waals surface area contributed by atoms with E-state index in [1.165, 1.54) is 10.9 Å². The molecule has 2 heterocycles. The van der Waals surface area contributed by atoms with Crippen molar-refractivity contribution in [1.29, 1.82) is 0 Å². The fraction of sp³-hybridized carbons (Fsp3) is 0.292. The summed E-state index contributed by atoms with van der Waals surface area (Å²) >= 11 is 5.96. The summed E-state index contributed by atoms with van der Waals surface area (Å²) < 4.78 is 12.4. The maximum absolute atomic E-state index is 13.2. The molecule has 3 aromatic rings. The van der Waals surface area contributed by atoms with Gasteiger partial charge in [-0.1, -0.05) is 11.6 Å². The second-order valence-electron chi connectivity index (χ2n) is 7.56. The Morgan fingerprint density at radius 2 is 1.97 bits per heavy atom. The van der Waals surface area contributed by atoms with E-state index in [-0.39, 0.29) is 23.3 Å². The Labute approximate surface area is 196 Å². The lowest BCUT2D eigenvalue weighted by molar-refractivity contribution is 0.0858. The normalized spacial score (nSPS) is 15.3. The third kappa shape index (κ3) is 5.53. The molecule has 0 radical (unpaired) electrons. The number of carbonyl (C=O) groups is 1. The maximum atomic E-state index is 13.2. The van der Waals surface area contributed by atoms with Gasteiger partial charge in [0.1, 0.15) is 0 Å². The van der Waals surface area contributed by atoms with Crippen LogP contribution in [0.1, 0.15) is 30.1 Å². The minimum absolute atomic E-state index is 0.0846. The number of rotatable bonds is 8. The number of nitrogens with one attached hydrogen (secondary N) is 2. The smallest absolute Gasteiger partial charge is 0.299 e. The molecule has 2 N–H and O–H groups in total. The lowest BCUT2D eigenvalue weighted by Crippen LogP contribution is -2.31. The molecule has 0 bridgehead atoms. The number of nitrogens with zero attached hydrogens (tertiary/aromatic N) is 2. The molecule has 1 fully saturated rings. The van der Waals surface area contributed by atoms with E-state index in [0.717, 1.165) is 19.4 Å². The summed E-state index contributed by atoms with van der Waals surface area (Å²) in [6.07, 6.45) is 3.57. The molecule has 1 atom stereocenters. The molecule has 1 aliphatic heterocycles. The highest BCUT2D eigenvalue weighted by molar-refractivity contribution is 6.30. The first kappa shape index (κ1) is 22.8. The number of halogens is 1. The Morgan fingerprint density at radius 3 is 2.64 bits per heavy atom. The van der Waals surface area contributed by atoms with Gasteiger partial charge in [-0.3, -0.25) is 9.59 Å². The third-order valence-corrected chi connectivity index (χ3v) is 5.50. The highest BCUT2D eigenvalue weighted by Gasteiger charge is 2.17. The molecule has 1 saturated heterocycles. The van der Waals surface area contributed by atoms with Crippen LogP contribution in [0.2, 0.25) is 5.02 Å². The van der Waals surface area contributed by atoms with E-state index in [4.69, 9.17) is 21.1 Å². The fourth-order valence-electron chi connectivity index (χ4n) is 3.55. The van der Waals surface area contributed by atoms with Crippen molar-refractivity contribution in [1.82, 2.24) is 15.1 Å². The largest absolute Gasteiger partial charge is 0.490 e. The van der Waals surface area contributed by atoms with Gasteiger partial charge in [0.05, 0.1) is 24.6 Å². The van der Waals surface area contributed by atoms with Crippen molar-refractivity contribution in [3.05, 3.63) is 75.7 Å². The van der Waals surface area contributed by atoms with Crippen LogP contribution in [-0.2, 0) is 4.74 Å². The van der Waals surface area contributed by atoms with E-state index in [0.29, 0.717) is 40.9 Å². The van der Waals surface area contributed by atoms with Crippen LogP contribution < -0.4 is 20.9 Å². The second-order valence-corrected chi connectivity index (χ2v) is 7.99. The van der Waals surface area contributed by atoms with E-state index in [1.54, 1.807) is 48.5 Å².